The molecule has 1 saturated carbocycles. The molecule has 1 heteroatoms. The minimum atomic E-state index is 0.750. The molecule has 0 aromatic carbocycles. The largest absolute Gasteiger partial charge is 0.333 e. The Hall–Kier alpha value is -0.0400. The molecule has 1 nitrogen and oxygen atoms in total. The molecule has 1 aliphatic rings. The zero-order valence-corrected chi connectivity index (χ0v) is 5.49. The minimum absolute atomic E-state index is 0.750. The Kier molecular flexibility index (Phi) is 2.30. The van der Waals surface area contributed by atoms with Gasteiger partial charge in [0.25, 0.3) is 0 Å². The van der Waals surface area contributed by atoms with Gasteiger partial charge in [0, 0.05) is 0 Å². The van der Waals surface area contributed by atoms with Crippen LogP contribution in [0.3, 0.4) is 0 Å². The lowest BCUT2D eigenvalue weighted by atomic mass is 10.2. The van der Waals surface area contributed by atoms with E-state index in [1.807, 2.05) is 0 Å². The second kappa shape index (κ2) is 2.31. The van der Waals surface area contributed by atoms with Crippen molar-refractivity contribution >= 4 is 0 Å². The zero-order chi connectivity index (χ0) is 5.91. The molecular formula is C6H15N. The molecule has 0 aromatic rings. The molecule has 1 rings (SSSR count). The van der Waals surface area contributed by atoms with E-state index in [4.69, 9.17) is 0 Å². The van der Waals surface area contributed by atoms with Gasteiger partial charge in [-0.15, -0.1) is 0 Å². The van der Waals surface area contributed by atoms with Crippen molar-refractivity contribution in [1.29, 1.82) is 0 Å². The van der Waals surface area contributed by atoms with E-state index >= 15 is 0 Å². The van der Waals surface area contributed by atoms with Crippen molar-refractivity contribution in [2.45, 2.75) is 26.7 Å². The lowest BCUT2D eigenvalue weighted by Crippen LogP contribution is -1.75. The SMILES string of the molecule is CC1(C)CC1.CN. The van der Waals surface area contributed by atoms with Crippen LogP contribution in [-0.2, 0) is 0 Å². The Morgan fingerprint density at radius 1 is 1.14 bits per heavy atom. The standard InChI is InChI=1S/C5H10.CH5N/c1-5(2)3-4-5;1-2/h3-4H2,1-2H3;2H2,1H3. The highest BCUT2D eigenvalue weighted by atomic mass is 14.4. The van der Waals surface area contributed by atoms with E-state index in [-0.39, 0.29) is 0 Å². The summed E-state index contributed by atoms with van der Waals surface area (Å²) in [5, 5.41) is 0. The molecule has 0 aromatic heterocycles. The van der Waals surface area contributed by atoms with E-state index < -0.39 is 0 Å². The van der Waals surface area contributed by atoms with Crippen molar-refractivity contribution in [2.24, 2.45) is 11.1 Å². The maximum atomic E-state index is 4.50. The Morgan fingerprint density at radius 2 is 1.29 bits per heavy atom. The van der Waals surface area contributed by atoms with Crippen LogP contribution in [-0.4, -0.2) is 7.05 Å². The van der Waals surface area contributed by atoms with Gasteiger partial charge in [0.2, 0.25) is 0 Å². The number of hydrogen-bond donors (Lipinski definition) is 1. The quantitative estimate of drug-likeness (QED) is 0.490. The third-order valence-electron chi connectivity index (χ3n) is 1.25. The Balaban J connectivity index is 0.000000162. The summed E-state index contributed by atoms with van der Waals surface area (Å²) < 4.78 is 0. The monoisotopic (exact) mass is 101 g/mol. The molecule has 2 N–H and O–H groups in total. The van der Waals surface area contributed by atoms with Crippen LogP contribution in [0.15, 0.2) is 0 Å². The summed E-state index contributed by atoms with van der Waals surface area (Å²) in [5.74, 6) is 0. The summed E-state index contributed by atoms with van der Waals surface area (Å²) in [7, 11) is 1.50. The number of nitrogens with two attached hydrogens (primary N) is 1. The van der Waals surface area contributed by atoms with E-state index in [1.54, 1.807) is 0 Å². The summed E-state index contributed by atoms with van der Waals surface area (Å²) >= 11 is 0. The first-order valence-corrected chi connectivity index (χ1v) is 2.78. The van der Waals surface area contributed by atoms with E-state index in [0.717, 1.165) is 5.41 Å². The predicted octanol–water partition coefficient (Wildman–Crippen LogP) is 1.38. The van der Waals surface area contributed by atoms with Gasteiger partial charge in [-0.25, -0.2) is 0 Å². The molecule has 0 radical (unpaired) electrons. The fourth-order valence-electron chi connectivity index (χ4n) is 0.250. The van der Waals surface area contributed by atoms with Gasteiger partial charge in [-0.2, -0.15) is 0 Å². The second-order valence-corrected chi connectivity index (χ2v) is 2.66. The maximum Gasteiger partial charge on any atom is -0.0195 e. The second-order valence-electron chi connectivity index (χ2n) is 2.66. The van der Waals surface area contributed by atoms with Gasteiger partial charge in [-0.05, 0) is 25.3 Å². The maximum absolute atomic E-state index is 4.50. The highest BCUT2D eigenvalue weighted by Gasteiger charge is 2.30. The Labute approximate surface area is 45.9 Å². The number of hydrogen-bond acceptors (Lipinski definition) is 1. The lowest BCUT2D eigenvalue weighted by molar-refractivity contribution is 0.653. The molecule has 0 heterocycles. The Morgan fingerprint density at radius 3 is 1.29 bits per heavy atom. The third-order valence-corrected chi connectivity index (χ3v) is 1.25. The molecule has 0 atom stereocenters. The topological polar surface area (TPSA) is 26.0 Å². The van der Waals surface area contributed by atoms with Gasteiger partial charge in [-0.1, -0.05) is 13.8 Å². The average molecular weight is 101 g/mol. The van der Waals surface area contributed by atoms with Gasteiger partial charge < -0.3 is 5.73 Å². The van der Waals surface area contributed by atoms with Gasteiger partial charge in [0.05, 0.1) is 0 Å². The van der Waals surface area contributed by atoms with Crippen LogP contribution < -0.4 is 5.73 Å². The lowest BCUT2D eigenvalue weighted by Gasteiger charge is -1.86. The van der Waals surface area contributed by atoms with Crippen molar-refractivity contribution in [3.8, 4) is 0 Å². The van der Waals surface area contributed by atoms with Gasteiger partial charge in [0.15, 0.2) is 0 Å². The Bertz CT molecular complexity index is 42.1. The summed E-state index contributed by atoms with van der Waals surface area (Å²) in [5.41, 5.74) is 5.25. The first-order chi connectivity index (χ1) is 3.21. The zero-order valence-electron chi connectivity index (χ0n) is 5.49. The highest BCUT2D eigenvalue weighted by molar-refractivity contribution is 4.82. The predicted molar refractivity (Wildman–Crippen MR) is 33.1 cm³/mol. The molecule has 0 spiro atoms. The van der Waals surface area contributed by atoms with Gasteiger partial charge in [0.1, 0.15) is 0 Å². The summed E-state index contributed by atoms with van der Waals surface area (Å²) in [6.07, 6.45) is 2.90. The molecule has 44 valence electrons. The van der Waals surface area contributed by atoms with E-state index in [1.165, 1.54) is 19.9 Å². The number of rotatable bonds is 0. The third kappa shape index (κ3) is 3.80. The highest BCUT2D eigenvalue weighted by Crippen LogP contribution is 2.43. The average Bonchev–Trinajstić information content (AvgIpc) is 2.26. The molecule has 0 aliphatic heterocycles. The summed E-state index contributed by atoms with van der Waals surface area (Å²) in [6, 6.07) is 0. The molecule has 7 heavy (non-hydrogen) atoms. The fraction of sp³-hybridized carbons (Fsp3) is 1.00. The molecule has 0 amide bonds. The summed E-state index contributed by atoms with van der Waals surface area (Å²) in [6.45, 7) is 4.60. The fourth-order valence-corrected chi connectivity index (χ4v) is 0.250. The van der Waals surface area contributed by atoms with E-state index in [0.29, 0.717) is 0 Å². The first-order valence-electron chi connectivity index (χ1n) is 2.78. The minimum Gasteiger partial charge on any atom is -0.333 e. The molecular weight excluding hydrogens is 86.1 g/mol. The molecule has 0 bridgehead atoms. The van der Waals surface area contributed by atoms with Crippen LogP contribution in [0.1, 0.15) is 26.7 Å². The van der Waals surface area contributed by atoms with Crippen molar-refractivity contribution in [3.05, 3.63) is 0 Å². The summed E-state index contributed by atoms with van der Waals surface area (Å²) in [4.78, 5) is 0. The molecule has 0 saturated heterocycles. The van der Waals surface area contributed by atoms with Crippen molar-refractivity contribution < 1.29 is 0 Å². The van der Waals surface area contributed by atoms with Crippen LogP contribution in [0.2, 0.25) is 0 Å². The van der Waals surface area contributed by atoms with Crippen molar-refractivity contribution in [1.82, 2.24) is 0 Å². The van der Waals surface area contributed by atoms with Gasteiger partial charge >= 0.3 is 0 Å². The van der Waals surface area contributed by atoms with Crippen LogP contribution in [0.5, 0.6) is 0 Å². The van der Waals surface area contributed by atoms with Crippen LogP contribution in [0, 0.1) is 5.41 Å². The van der Waals surface area contributed by atoms with E-state index in [9.17, 15) is 0 Å². The first kappa shape index (κ1) is 6.96. The van der Waals surface area contributed by atoms with Crippen molar-refractivity contribution in [2.75, 3.05) is 7.05 Å². The molecule has 0 unspecified atom stereocenters. The smallest absolute Gasteiger partial charge is 0.0195 e. The van der Waals surface area contributed by atoms with Crippen LogP contribution in [0.25, 0.3) is 0 Å². The normalized spacial score (nSPS) is 22.3. The van der Waals surface area contributed by atoms with Crippen molar-refractivity contribution in [3.63, 3.8) is 0 Å². The van der Waals surface area contributed by atoms with Crippen LogP contribution in [0.4, 0.5) is 0 Å². The molecule has 1 fully saturated rings. The van der Waals surface area contributed by atoms with Gasteiger partial charge in [-0.3, -0.25) is 0 Å². The molecule has 1 aliphatic carbocycles. The van der Waals surface area contributed by atoms with Crippen LogP contribution >= 0.6 is 0 Å². The van der Waals surface area contributed by atoms with E-state index in [2.05, 4.69) is 19.6 Å².